The van der Waals surface area contributed by atoms with Crippen LogP contribution in [0, 0.1) is 50.2 Å². The van der Waals surface area contributed by atoms with Gasteiger partial charge in [0.25, 0.3) is 0 Å². The number of aliphatic hydroxyl groups excluding tert-OH is 6. The molecule has 2 heterocycles. The molecule has 4 saturated carbocycles. The predicted octanol–water partition coefficient (Wildman–Crippen LogP) is 3.52. The van der Waals surface area contributed by atoms with E-state index in [4.69, 9.17) is 18.9 Å². The van der Waals surface area contributed by atoms with Crippen LogP contribution < -0.4 is 0 Å². The van der Waals surface area contributed by atoms with Crippen molar-refractivity contribution in [3.63, 3.8) is 0 Å². The summed E-state index contributed by atoms with van der Waals surface area (Å²) >= 11 is 0. The van der Waals surface area contributed by atoms with Crippen molar-refractivity contribution in [1.82, 2.24) is 0 Å². The van der Waals surface area contributed by atoms with E-state index in [1.807, 2.05) is 0 Å². The van der Waals surface area contributed by atoms with E-state index in [9.17, 15) is 40.5 Å². The number of carbonyl (C=O) groups is 1. The summed E-state index contributed by atoms with van der Waals surface area (Å²) < 4.78 is 24.3. The number of hydrogen-bond donors (Lipinski definition) is 7. The second-order valence-corrected chi connectivity index (χ2v) is 20.0. The average molecular weight is 751 g/mol. The number of carboxylic acid groups (broad SMARTS) is 1. The van der Waals surface area contributed by atoms with Crippen molar-refractivity contribution in [2.75, 3.05) is 13.2 Å². The molecule has 5 aliphatic carbocycles. The van der Waals surface area contributed by atoms with Crippen LogP contribution in [0.1, 0.15) is 113 Å². The van der Waals surface area contributed by atoms with E-state index < -0.39 is 78.2 Å². The van der Waals surface area contributed by atoms with E-state index >= 15 is 0 Å². The Bertz CT molecular complexity index is 1440. The molecule has 53 heavy (non-hydrogen) atoms. The lowest BCUT2D eigenvalue weighted by atomic mass is 9.33. The highest BCUT2D eigenvalue weighted by Crippen LogP contribution is 2.76. The summed E-state index contributed by atoms with van der Waals surface area (Å²) in [7, 11) is 0. The van der Waals surface area contributed by atoms with E-state index in [-0.39, 0.29) is 46.7 Å². The van der Waals surface area contributed by atoms with Gasteiger partial charge in [0.05, 0.1) is 30.8 Å². The van der Waals surface area contributed by atoms with Gasteiger partial charge in [-0.2, -0.15) is 0 Å². The van der Waals surface area contributed by atoms with E-state index in [0.717, 1.165) is 51.4 Å². The van der Waals surface area contributed by atoms with Crippen LogP contribution in [0.3, 0.4) is 0 Å². The van der Waals surface area contributed by atoms with Crippen LogP contribution in [0.4, 0.5) is 0 Å². The molecule has 0 bridgehead atoms. The Kier molecular flexibility index (Phi) is 10.2. The molecule has 0 amide bonds. The fraction of sp³-hybridized carbons (Fsp3) is 0.927. The van der Waals surface area contributed by atoms with Gasteiger partial charge in [-0.05, 0) is 111 Å². The fourth-order valence-electron chi connectivity index (χ4n) is 13.3. The third-order valence-corrected chi connectivity index (χ3v) is 17.0. The van der Waals surface area contributed by atoms with Crippen LogP contribution in [-0.4, -0.2) is 116 Å². The van der Waals surface area contributed by atoms with Gasteiger partial charge < -0.3 is 54.7 Å². The molecule has 18 atom stereocenters. The zero-order valence-corrected chi connectivity index (χ0v) is 32.7. The standard InChI is InChI=1S/C41H66O12/c1-21-28(44)30(46)31(47)33(51-21)53-32-29(45)24(43)19-50-34(32)52-27-11-12-37(4)25(38(27,5)20-42)10-13-40(7)26(37)9-8-22-23-18-36(2,3)14-16-41(23,35(48)49)17-15-39(22,40)6/h8,21,23-34,42-47H,9-20H2,1-7H3,(H,48,49)/t21-,23-,24-,25-,26+,27+,28-,29-,30-,31+,32-,33+,34-,37+,38-,39+,40+,41-/m0/s1. The van der Waals surface area contributed by atoms with E-state index in [2.05, 4.69) is 47.6 Å². The summed E-state index contributed by atoms with van der Waals surface area (Å²) in [4.78, 5) is 13.0. The van der Waals surface area contributed by atoms with Gasteiger partial charge in [-0.1, -0.05) is 53.2 Å². The minimum Gasteiger partial charge on any atom is -0.481 e. The van der Waals surface area contributed by atoms with Gasteiger partial charge in [-0.3, -0.25) is 4.79 Å². The second-order valence-electron chi connectivity index (χ2n) is 20.0. The summed E-state index contributed by atoms with van der Waals surface area (Å²) in [5.41, 5.74) is -0.239. The number of ether oxygens (including phenoxy) is 4. The lowest BCUT2D eigenvalue weighted by molar-refractivity contribution is -0.365. The van der Waals surface area contributed by atoms with Crippen molar-refractivity contribution >= 4 is 5.97 Å². The number of allylic oxidation sites excluding steroid dienone is 2. The first-order valence-electron chi connectivity index (χ1n) is 20.2. The summed E-state index contributed by atoms with van der Waals surface area (Å²) in [5, 5.41) is 74.9. The molecule has 0 aromatic carbocycles. The number of rotatable bonds is 6. The second kappa shape index (κ2) is 13.5. The summed E-state index contributed by atoms with van der Waals surface area (Å²) in [6.07, 6.45) is -1.79. The quantitative estimate of drug-likeness (QED) is 0.155. The topological polar surface area (TPSA) is 196 Å². The molecule has 7 N–H and O–H groups in total. The number of aliphatic hydroxyl groups is 6. The first-order valence-corrected chi connectivity index (χ1v) is 20.2. The van der Waals surface area contributed by atoms with E-state index in [0.29, 0.717) is 18.8 Å². The average Bonchev–Trinajstić information content (AvgIpc) is 3.10. The molecule has 0 aromatic heterocycles. The van der Waals surface area contributed by atoms with Gasteiger partial charge in [-0.25, -0.2) is 0 Å². The maximum absolute atomic E-state index is 13.0. The Morgan fingerprint density at radius 1 is 0.830 bits per heavy atom. The predicted molar refractivity (Wildman–Crippen MR) is 192 cm³/mol. The normalized spacial score (nSPS) is 55.1. The number of aliphatic carboxylic acids is 1. The van der Waals surface area contributed by atoms with Crippen LogP contribution in [-0.2, 0) is 23.7 Å². The smallest absolute Gasteiger partial charge is 0.310 e. The molecule has 7 rings (SSSR count). The molecule has 2 saturated heterocycles. The molecule has 0 radical (unpaired) electrons. The molecule has 0 aromatic rings. The maximum atomic E-state index is 13.0. The first kappa shape index (κ1) is 40.0. The number of hydrogen-bond acceptors (Lipinski definition) is 11. The van der Waals surface area contributed by atoms with Crippen molar-refractivity contribution in [1.29, 1.82) is 0 Å². The van der Waals surface area contributed by atoms with Crippen molar-refractivity contribution in [3.05, 3.63) is 11.6 Å². The Morgan fingerprint density at radius 3 is 2.21 bits per heavy atom. The lowest BCUT2D eigenvalue weighted by Gasteiger charge is -2.71. The summed E-state index contributed by atoms with van der Waals surface area (Å²) in [5.74, 6) is -0.194. The molecule has 12 nitrogen and oxygen atoms in total. The largest absolute Gasteiger partial charge is 0.481 e. The van der Waals surface area contributed by atoms with Crippen LogP contribution >= 0.6 is 0 Å². The lowest BCUT2D eigenvalue weighted by Crippen LogP contribution is -2.67. The fourth-order valence-corrected chi connectivity index (χ4v) is 13.3. The number of fused-ring (bicyclic) bond motifs is 7. The minimum atomic E-state index is -1.62. The Balaban J connectivity index is 1.15. The van der Waals surface area contributed by atoms with Crippen molar-refractivity contribution in [2.24, 2.45) is 50.2 Å². The van der Waals surface area contributed by atoms with Crippen molar-refractivity contribution < 1.29 is 59.5 Å². The molecule has 0 unspecified atom stereocenters. The minimum absolute atomic E-state index is 0.0360. The highest BCUT2D eigenvalue weighted by molar-refractivity contribution is 5.76. The van der Waals surface area contributed by atoms with Crippen LogP contribution in [0.5, 0.6) is 0 Å². The SMILES string of the molecule is C[C@@H]1O[C@H](O[C@@H]2[C@H](O[C@@H]3CC[C@]4(C)[C@H](CC[C@]5(C)[C@@H]4CC=C4[C@@H]6CC(C)(C)CC[C@]6(C(=O)O)CC[C@]45C)[C@]3(C)CO)OC[C@H](O)[C@@H]2O)[C@H](O)[C@@H](O)[C@H]1O. The van der Waals surface area contributed by atoms with E-state index in [1.54, 1.807) is 0 Å². The van der Waals surface area contributed by atoms with Gasteiger partial charge >= 0.3 is 5.97 Å². The van der Waals surface area contributed by atoms with Crippen LogP contribution in [0.2, 0.25) is 0 Å². The Labute approximate surface area is 314 Å². The molecular weight excluding hydrogens is 684 g/mol. The molecule has 12 heteroatoms. The van der Waals surface area contributed by atoms with Gasteiger partial charge in [0.2, 0.25) is 0 Å². The highest BCUT2D eigenvalue weighted by atomic mass is 16.8. The van der Waals surface area contributed by atoms with Crippen molar-refractivity contribution in [2.45, 2.75) is 174 Å². The van der Waals surface area contributed by atoms with Crippen LogP contribution in [0.15, 0.2) is 11.6 Å². The Hall–Kier alpha value is -1.19. The van der Waals surface area contributed by atoms with Gasteiger partial charge in [-0.15, -0.1) is 0 Å². The molecule has 7 aliphatic rings. The Morgan fingerprint density at radius 2 is 1.53 bits per heavy atom. The zero-order valence-electron chi connectivity index (χ0n) is 32.7. The molecular formula is C41H66O12. The third-order valence-electron chi connectivity index (χ3n) is 17.0. The summed E-state index contributed by atoms with van der Waals surface area (Å²) in [6, 6.07) is 0. The van der Waals surface area contributed by atoms with Gasteiger partial charge in [0.1, 0.15) is 36.6 Å². The molecule has 302 valence electrons. The third kappa shape index (κ3) is 5.85. The zero-order chi connectivity index (χ0) is 38.7. The monoisotopic (exact) mass is 750 g/mol. The molecule has 0 spiro atoms. The number of carboxylic acids is 1. The highest BCUT2D eigenvalue weighted by Gasteiger charge is 2.70. The maximum Gasteiger partial charge on any atom is 0.310 e. The van der Waals surface area contributed by atoms with E-state index in [1.165, 1.54) is 12.5 Å². The van der Waals surface area contributed by atoms with Gasteiger partial charge in [0, 0.05) is 5.41 Å². The van der Waals surface area contributed by atoms with Crippen LogP contribution in [0.25, 0.3) is 0 Å². The first-order chi connectivity index (χ1) is 24.7. The molecule has 2 aliphatic heterocycles. The van der Waals surface area contributed by atoms with Gasteiger partial charge in [0.15, 0.2) is 12.6 Å². The summed E-state index contributed by atoms with van der Waals surface area (Å²) in [6.45, 7) is 15.1. The van der Waals surface area contributed by atoms with Crippen molar-refractivity contribution in [3.8, 4) is 0 Å². The molecule has 6 fully saturated rings.